The zero-order valence-electron chi connectivity index (χ0n) is 14.8. The molecule has 1 atom stereocenters. The highest BCUT2D eigenvalue weighted by molar-refractivity contribution is 5.82. The van der Waals surface area contributed by atoms with Crippen LogP contribution in [0.3, 0.4) is 0 Å². The Morgan fingerprint density at radius 1 is 1.24 bits per heavy atom. The van der Waals surface area contributed by atoms with Gasteiger partial charge in [0.15, 0.2) is 0 Å². The minimum Gasteiger partial charge on any atom is -0.497 e. The Kier molecular flexibility index (Phi) is 4.36. The van der Waals surface area contributed by atoms with E-state index in [1.54, 1.807) is 7.11 Å². The van der Waals surface area contributed by atoms with Gasteiger partial charge in [-0.05, 0) is 36.2 Å². The molecule has 4 heteroatoms. The number of nitrogens with zero attached hydrogens (tertiary/aromatic N) is 1. The summed E-state index contributed by atoms with van der Waals surface area (Å²) in [7, 11) is 1.71. The first-order chi connectivity index (χ1) is 12.3. The molecule has 0 bridgehead atoms. The number of methoxy groups -OCH3 is 1. The third-order valence-corrected chi connectivity index (χ3v) is 4.94. The fraction of sp³-hybridized carbons (Fsp3) is 0.333. The second kappa shape index (κ2) is 6.81. The van der Waals surface area contributed by atoms with Crippen LogP contribution in [0.15, 0.2) is 48.7 Å². The van der Waals surface area contributed by atoms with Crippen molar-refractivity contribution in [3.63, 3.8) is 0 Å². The maximum absolute atomic E-state index is 6.24. The van der Waals surface area contributed by atoms with E-state index in [4.69, 9.17) is 9.47 Å². The van der Waals surface area contributed by atoms with Gasteiger partial charge in [0.25, 0.3) is 0 Å². The lowest BCUT2D eigenvalue weighted by molar-refractivity contribution is 0.139. The van der Waals surface area contributed by atoms with Crippen molar-refractivity contribution in [1.82, 2.24) is 9.88 Å². The number of benzene rings is 2. The van der Waals surface area contributed by atoms with Crippen molar-refractivity contribution < 1.29 is 9.47 Å². The molecule has 0 amide bonds. The van der Waals surface area contributed by atoms with Gasteiger partial charge >= 0.3 is 0 Å². The molecule has 2 aromatic carbocycles. The SMILES string of the molecule is CC[C@@H]1CN(Cc2c[nH]c3ccccc23)Cc2cc(OC)ccc2O1. The number of hydrogen-bond acceptors (Lipinski definition) is 3. The fourth-order valence-corrected chi connectivity index (χ4v) is 3.57. The van der Waals surface area contributed by atoms with E-state index in [2.05, 4.69) is 53.3 Å². The molecule has 130 valence electrons. The topological polar surface area (TPSA) is 37.5 Å². The molecule has 0 saturated carbocycles. The first kappa shape index (κ1) is 16.0. The van der Waals surface area contributed by atoms with Crippen molar-refractivity contribution >= 4 is 10.9 Å². The summed E-state index contributed by atoms with van der Waals surface area (Å²) in [6, 6.07) is 14.6. The number of fused-ring (bicyclic) bond motifs is 2. The molecule has 1 aliphatic heterocycles. The molecule has 25 heavy (non-hydrogen) atoms. The molecule has 2 heterocycles. The largest absolute Gasteiger partial charge is 0.497 e. The summed E-state index contributed by atoms with van der Waals surface area (Å²) < 4.78 is 11.6. The van der Waals surface area contributed by atoms with Gasteiger partial charge < -0.3 is 14.5 Å². The number of H-pyrrole nitrogens is 1. The number of aromatic nitrogens is 1. The van der Waals surface area contributed by atoms with Gasteiger partial charge in [0, 0.05) is 42.3 Å². The van der Waals surface area contributed by atoms with Crippen LogP contribution in [0.1, 0.15) is 24.5 Å². The highest BCUT2D eigenvalue weighted by Crippen LogP contribution is 2.31. The quantitative estimate of drug-likeness (QED) is 0.770. The van der Waals surface area contributed by atoms with Crippen LogP contribution in [0, 0.1) is 0 Å². The second-order valence-corrected chi connectivity index (χ2v) is 6.65. The van der Waals surface area contributed by atoms with Crippen LogP contribution in [0.25, 0.3) is 10.9 Å². The van der Waals surface area contributed by atoms with E-state index >= 15 is 0 Å². The smallest absolute Gasteiger partial charge is 0.124 e. The lowest BCUT2D eigenvalue weighted by Crippen LogP contribution is -2.32. The van der Waals surface area contributed by atoms with Crippen molar-refractivity contribution in [3.8, 4) is 11.5 Å². The second-order valence-electron chi connectivity index (χ2n) is 6.65. The van der Waals surface area contributed by atoms with E-state index in [0.29, 0.717) is 0 Å². The van der Waals surface area contributed by atoms with E-state index in [-0.39, 0.29) is 6.10 Å². The minimum absolute atomic E-state index is 0.208. The Labute approximate surface area is 148 Å². The Balaban J connectivity index is 1.64. The average molecular weight is 336 g/mol. The van der Waals surface area contributed by atoms with Crippen molar-refractivity contribution in [1.29, 1.82) is 0 Å². The normalized spacial score (nSPS) is 17.8. The van der Waals surface area contributed by atoms with E-state index < -0.39 is 0 Å². The van der Waals surface area contributed by atoms with Crippen molar-refractivity contribution in [2.45, 2.75) is 32.5 Å². The Hall–Kier alpha value is -2.46. The zero-order valence-corrected chi connectivity index (χ0v) is 14.8. The highest BCUT2D eigenvalue weighted by Gasteiger charge is 2.23. The van der Waals surface area contributed by atoms with Crippen LogP contribution < -0.4 is 9.47 Å². The third-order valence-electron chi connectivity index (χ3n) is 4.94. The van der Waals surface area contributed by atoms with Gasteiger partial charge in [-0.25, -0.2) is 0 Å². The first-order valence-corrected chi connectivity index (χ1v) is 8.87. The fourth-order valence-electron chi connectivity index (χ4n) is 3.57. The zero-order chi connectivity index (χ0) is 17.2. The Morgan fingerprint density at radius 2 is 2.12 bits per heavy atom. The van der Waals surface area contributed by atoms with Crippen molar-refractivity contribution in [2.24, 2.45) is 0 Å². The average Bonchev–Trinajstić information content (AvgIpc) is 2.95. The van der Waals surface area contributed by atoms with Crippen molar-refractivity contribution in [3.05, 3.63) is 59.8 Å². The van der Waals surface area contributed by atoms with Gasteiger partial charge in [0.2, 0.25) is 0 Å². The molecular weight excluding hydrogens is 312 g/mol. The first-order valence-electron chi connectivity index (χ1n) is 8.87. The molecule has 1 aromatic heterocycles. The molecule has 1 aliphatic rings. The number of rotatable bonds is 4. The standard InChI is InChI=1S/C21H24N2O2/c1-3-17-14-23(12-15-10-18(24-2)8-9-21(15)25-17)13-16-11-22-20-7-5-4-6-19(16)20/h4-11,17,22H,3,12-14H2,1-2H3/t17-/m1/s1. The maximum atomic E-state index is 6.24. The van der Waals surface area contributed by atoms with Gasteiger partial charge in [0.05, 0.1) is 7.11 Å². The molecule has 0 saturated heterocycles. The monoisotopic (exact) mass is 336 g/mol. The molecule has 0 spiro atoms. The maximum Gasteiger partial charge on any atom is 0.124 e. The highest BCUT2D eigenvalue weighted by atomic mass is 16.5. The predicted molar refractivity (Wildman–Crippen MR) is 100 cm³/mol. The van der Waals surface area contributed by atoms with Crippen LogP contribution in [0.5, 0.6) is 11.5 Å². The minimum atomic E-state index is 0.208. The summed E-state index contributed by atoms with van der Waals surface area (Å²) in [5.41, 5.74) is 3.71. The molecule has 0 unspecified atom stereocenters. The van der Waals surface area contributed by atoms with Crippen LogP contribution in [0.2, 0.25) is 0 Å². The summed E-state index contributed by atoms with van der Waals surface area (Å²) in [5.74, 6) is 1.86. The summed E-state index contributed by atoms with van der Waals surface area (Å²) in [6.45, 7) is 4.87. The van der Waals surface area contributed by atoms with Crippen LogP contribution in [-0.4, -0.2) is 29.6 Å². The molecule has 1 N–H and O–H groups in total. The van der Waals surface area contributed by atoms with Gasteiger partial charge in [0.1, 0.15) is 17.6 Å². The lowest BCUT2D eigenvalue weighted by Gasteiger charge is -2.23. The molecule has 0 radical (unpaired) electrons. The Bertz CT molecular complexity index is 871. The lowest BCUT2D eigenvalue weighted by atomic mass is 10.1. The number of hydrogen-bond donors (Lipinski definition) is 1. The molecular formula is C21H24N2O2. The van der Waals surface area contributed by atoms with Gasteiger partial charge in [-0.3, -0.25) is 4.90 Å². The van der Waals surface area contributed by atoms with Gasteiger partial charge in [-0.2, -0.15) is 0 Å². The summed E-state index contributed by atoms with van der Waals surface area (Å²) in [5, 5.41) is 1.30. The number of ether oxygens (including phenoxy) is 2. The van der Waals surface area contributed by atoms with Gasteiger partial charge in [-0.15, -0.1) is 0 Å². The molecule has 4 nitrogen and oxygen atoms in total. The van der Waals surface area contributed by atoms with E-state index in [0.717, 1.165) is 37.6 Å². The molecule has 4 rings (SSSR count). The summed E-state index contributed by atoms with van der Waals surface area (Å²) >= 11 is 0. The Morgan fingerprint density at radius 3 is 2.96 bits per heavy atom. The van der Waals surface area contributed by atoms with Crippen molar-refractivity contribution in [2.75, 3.05) is 13.7 Å². The predicted octanol–water partition coefficient (Wildman–Crippen LogP) is 4.35. The third kappa shape index (κ3) is 3.22. The number of nitrogens with one attached hydrogen (secondary N) is 1. The van der Waals surface area contributed by atoms with Crippen LogP contribution >= 0.6 is 0 Å². The summed E-state index contributed by atoms with van der Waals surface area (Å²) in [6.07, 6.45) is 3.33. The van der Waals surface area contributed by atoms with Crippen LogP contribution in [0.4, 0.5) is 0 Å². The van der Waals surface area contributed by atoms with E-state index in [1.807, 2.05) is 12.1 Å². The number of para-hydroxylation sites is 1. The number of aromatic amines is 1. The van der Waals surface area contributed by atoms with E-state index in [1.165, 1.54) is 22.0 Å². The van der Waals surface area contributed by atoms with E-state index in [9.17, 15) is 0 Å². The molecule has 3 aromatic rings. The van der Waals surface area contributed by atoms with Gasteiger partial charge in [-0.1, -0.05) is 25.1 Å². The molecule has 0 fully saturated rings. The summed E-state index contributed by atoms with van der Waals surface area (Å²) in [4.78, 5) is 5.85. The van der Waals surface area contributed by atoms with Crippen LogP contribution in [-0.2, 0) is 13.1 Å². The molecule has 0 aliphatic carbocycles.